The van der Waals surface area contributed by atoms with Crippen LogP contribution in [0.3, 0.4) is 0 Å². The molecule has 0 heterocycles. The van der Waals surface area contributed by atoms with Crippen LogP contribution >= 0.6 is 0 Å². The summed E-state index contributed by atoms with van der Waals surface area (Å²) in [7, 11) is 1.66. The molecule has 0 N–H and O–H groups in total. The minimum atomic E-state index is 0. The first-order valence-corrected chi connectivity index (χ1v) is 3.63. The number of carbonyl (C=O) groups excluding carboxylic acids is 1. The van der Waals surface area contributed by atoms with Crippen molar-refractivity contribution in [1.29, 1.82) is 0 Å². The molecule has 2 nitrogen and oxygen atoms in total. The number of benzene rings is 1. The Balaban J connectivity index is 0.00000144. The second kappa shape index (κ2) is 6.51. The molecule has 1 rings (SSSR count). The average Bonchev–Trinajstić information content (AvgIpc) is 2.16. The van der Waals surface area contributed by atoms with E-state index < -0.39 is 0 Å². The fourth-order valence-corrected chi connectivity index (χ4v) is 0.983. The van der Waals surface area contributed by atoms with Gasteiger partial charge in [-0.05, 0) is 5.56 Å². The van der Waals surface area contributed by atoms with E-state index in [1.165, 1.54) is 0 Å². The Morgan fingerprint density at radius 1 is 1.46 bits per heavy atom. The zero-order valence-electron chi connectivity index (χ0n) is 7.95. The predicted octanol–water partition coefficient (Wildman–Crippen LogP) is -0.523. The minimum absolute atomic E-state index is 0. The standard InChI is InChI=1S/C10H10NO.K/c1-8(11-2)10-6-4-3-5-9(10)7-12;/h3-7H,1H2,2H3;/q-1;+1. The number of hydrogen-bond acceptors (Lipinski definition) is 1. The summed E-state index contributed by atoms with van der Waals surface area (Å²) in [6.07, 6.45) is 0.811. The quantitative estimate of drug-likeness (QED) is 0.476. The molecule has 0 aromatic heterocycles. The molecule has 1 aromatic rings. The van der Waals surface area contributed by atoms with E-state index in [0.29, 0.717) is 11.3 Å². The van der Waals surface area contributed by atoms with Crippen LogP contribution in [0.15, 0.2) is 30.8 Å². The monoisotopic (exact) mass is 199 g/mol. The largest absolute Gasteiger partial charge is 1.00 e. The van der Waals surface area contributed by atoms with Crippen molar-refractivity contribution in [2.45, 2.75) is 0 Å². The molecule has 0 saturated carbocycles. The SMILES string of the molecule is C=C([N-]C)c1ccccc1C=O.[K+]. The van der Waals surface area contributed by atoms with Crippen LogP contribution in [-0.4, -0.2) is 13.3 Å². The van der Waals surface area contributed by atoms with E-state index in [1.54, 1.807) is 13.1 Å². The van der Waals surface area contributed by atoms with Crippen LogP contribution in [0.1, 0.15) is 15.9 Å². The van der Waals surface area contributed by atoms with Crippen LogP contribution < -0.4 is 51.4 Å². The van der Waals surface area contributed by atoms with Crippen molar-refractivity contribution in [3.63, 3.8) is 0 Å². The van der Waals surface area contributed by atoms with Crippen molar-refractivity contribution in [2.75, 3.05) is 7.05 Å². The molecule has 0 spiro atoms. The number of nitrogens with zero attached hydrogens (tertiary/aromatic N) is 1. The normalized spacial score (nSPS) is 8.38. The molecule has 13 heavy (non-hydrogen) atoms. The Hall–Kier alpha value is 0.0664. The Bertz CT molecular complexity index is 310. The molecule has 62 valence electrons. The van der Waals surface area contributed by atoms with E-state index in [2.05, 4.69) is 11.9 Å². The summed E-state index contributed by atoms with van der Waals surface area (Å²) in [6.45, 7) is 3.73. The second-order valence-corrected chi connectivity index (χ2v) is 2.38. The van der Waals surface area contributed by atoms with Crippen LogP contribution in [0, 0.1) is 0 Å². The molecule has 0 bridgehead atoms. The van der Waals surface area contributed by atoms with Gasteiger partial charge in [0.1, 0.15) is 0 Å². The maximum Gasteiger partial charge on any atom is 1.00 e. The van der Waals surface area contributed by atoms with Crippen LogP contribution in [0.4, 0.5) is 0 Å². The van der Waals surface area contributed by atoms with Gasteiger partial charge in [0.25, 0.3) is 0 Å². The summed E-state index contributed by atoms with van der Waals surface area (Å²) in [6, 6.07) is 7.26. The Morgan fingerprint density at radius 2 is 2.08 bits per heavy atom. The fourth-order valence-electron chi connectivity index (χ4n) is 0.983. The van der Waals surface area contributed by atoms with Gasteiger partial charge in [0.2, 0.25) is 0 Å². The minimum Gasteiger partial charge on any atom is -0.687 e. The van der Waals surface area contributed by atoms with Crippen molar-refractivity contribution >= 4 is 12.0 Å². The summed E-state index contributed by atoms with van der Waals surface area (Å²) in [4.78, 5) is 10.6. The first-order valence-electron chi connectivity index (χ1n) is 3.63. The van der Waals surface area contributed by atoms with Crippen LogP contribution in [0.5, 0.6) is 0 Å². The zero-order valence-corrected chi connectivity index (χ0v) is 11.1. The zero-order chi connectivity index (χ0) is 8.97. The van der Waals surface area contributed by atoms with Gasteiger partial charge >= 0.3 is 51.4 Å². The van der Waals surface area contributed by atoms with Gasteiger partial charge in [-0.15, -0.1) is 19.3 Å². The summed E-state index contributed by atoms with van der Waals surface area (Å²) < 4.78 is 0. The Kier molecular flexibility index (Phi) is 6.54. The third-order valence-corrected chi connectivity index (χ3v) is 1.67. The molecule has 0 radical (unpaired) electrons. The van der Waals surface area contributed by atoms with E-state index in [-0.39, 0.29) is 51.4 Å². The number of aldehydes is 1. The van der Waals surface area contributed by atoms with Gasteiger partial charge in [-0.1, -0.05) is 24.3 Å². The third-order valence-electron chi connectivity index (χ3n) is 1.67. The molecule has 0 saturated heterocycles. The van der Waals surface area contributed by atoms with Gasteiger partial charge in [-0.3, -0.25) is 4.79 Å². The molecule has 0 aliphatic rings. The molecular weight excluding hydrogens is 189 g/mol. The first kappa shape index (κ1) is 13.1. The van der Waals surface area contributed by atoms with E-state index >= 15 is 0 Å². The molecule has 0 atom stereocenters. The van der Waals surface area contributed by atoms with Gasteiger partial charge in [0.15, 0.2) is 6.29 Å². The molecule has 1 aromatic carbocycles. The van der Waals surface area contributed by atoms with Gasteiger partial charge in [-0.25, -0.2) is 0 Å². The smallest absolute Gasteiger partial charge is 0.687 e. The van der Waals surface area contributed by atoms with Crippen molar-refractivity contribution < 1.29 is 56.2 Å². The topological polar surface area (TPSA) is 31.2 Å². The predicted molar refractivity (Wildman–Crippen MR) is 50.1 cm³/mol. The Labute approximate surface area is 121 Å². The van der Waals surface area contributed by atoms with E-state index in [0.717, 1.165) is 11.8 Å². The molecule has 0 fully saturated rings. The first-order chi connectivity index (χ1) is 5.79. The van der Waals surface area contributed by atoms with Crippen LogP contribution in [-0.2, 0) is 0 Å². The summed E-state index contributed by atoms with van der Waals surface area (Å²) in [5, 5.41) is 3.91. The van der Waals surface area contributed by atoms with E-state index in [1.807, 2.05) is 18.2 Å². The Morgan fingerprint density at radius 3 is 2.62 bits per heavy atom. The second-order valence-electron chi connectivity index (χ2n) is 2.38. The van der Waals surface area contributed by atoms with E-state index in [4.69, 9.17) is 0 Å². The van der Waals surface area contributed by atoms with Gasteiger partial charge in [-0.2, -0.15) is 0 Å². The molecular formula is C10H10KNO. The van der Waals surface area contributed by atoms with Crippen molar-refractivity contribution in [2.24, 2.45) is 0 Å². The molecule has 0 unspecified atom stereocenters. The fraction of sp³-hybridized carbons (Fsp3) is 0.100. The van der Waals surface area contributed by atoms with Crippen LogP contribution in [0.2, 0.25) is 0 Å². The molecule has 0 amide bonds. The van der Waals surface area contributed by atoms with E-state index in [9.17, 15) is 4.79 Å². The van der Waals surface area contributed by atoms with Gasteiger partial charge < -0.3 is 5.32 Å². The number of rotatable bonds is 3. The van der Waals surface area contributed by atoms with Crippen molar-refractivity contribution in [3.05, 3.63) is 47.3 Å². The maximum atomic E-state index is 10.6. The maximum absolute atomic E-state index is 10.6. The molecule has 3 heteroatoms. The number of hydrogen-bond donors (Lipinski definition) is 0. The molecule has 0 aliphatic heterocycles. The van der Waals surface area contributed by atoms with Crippen molar-refractivity contribution in [1.82, 2.24) is 0 Å². The number of carbonyl (C=O) groups is 1. The molecule has 0 aliphatic carbocycles. The summed E-state index contributed by atoms with van der Waals surface area (Å²) >= 11 is 0. The third kappa shape index (κ3) is 3.36. The average molecular weight is 199 g/mol. The van der Waals surface area contributed by atoms with Gasteiger partial charge in [0, 0.05) is 5.56 Å². The van der Waals surface area contributed by atoms with Crippen molar-refractivity contribution in [3.8, 4) is 0 Å². The summed E-state index contributed by atoms with van der Waals surface area (Å²) in [5.41, 5.74) is 2.07. The van der Waals surface area contributed by atoms with Gasteiger partial charge in [0.05, 0.1) is 0 Å². The van der Waals surface area contributed by atoms with Crippen LogP contribution in [0.25, 0.3) is 11.0 Å². The summed E-state index contributed by atoms with van der Waals surface area (Å²) in [5.74, 6) is 0.